The summed E-state index contributed by atoms with van der Waals surface area (Å²) in [5, 5.41) is 18.1. The Balaban J connectivity index is 3.05. The zero-order valence-electron chi connectivity index (χ0n) is 22.4. The van der Waals surface area contributed by atoms with E-state index in [-0.39, 0.29) is 24.2 Å². The number of benzene rings is 1. The molecule has 0 saturated heterocycles. The number of carboxylic acid groups (broad SMARTS) is 1. The highest BCUT2D eigenvalue weighted by atomic mass is 16.4. The van der Waals surface area contributed by atoms with Gasteiger partial charge in [0.15, 0.2) is 0 Å². The van der Waals surface area contributed by atoms with Crippen molar-refractivity contribution in [3.05, 3.63) is 35.9 Å². The first kappa shape index (κ1) is 31.1. The third kappa shape index (κ3) is 11.7. The lowest BCUT2D eigenvalue weighted by Crippen LogP contribution is -2.58. The number of amides is 3. The normalized spacial score (nSPS) is 14.8. The second kappa shape index (κ2) is 15.2. The maximum atomic E-state index is 13.3. The van der Waals surface area contributed by atoms with Crippen LogP contribution >= 0.6 is 0 Å². The summed E-state index contributed by atoms with van der Waals surface area (Å²) in [6, 6.07) is 5.70. The van der Waals surface area contributed by atoms with Crippen LogP contribution in [0.3, 0.4) is 0 Å². The van der Waals surface area contributed by atoms with E-state index in [0.29, 0.717) is 19.3 Å². The second-order valence-electron chi connectivity index (χ2n) is 10.7. The molecule has 202 valence electrons. The minimum atomic E-state index is -1.02. The van der Waals surface area contributed by atoms with Crippen LogP contribution in [0.25, 0.3) is 0 Å². The molecule has 0 bridgehead atoms. The van der Waals surface area contributed by atoms with Crippen molar-refractivity contribution in [2.45, 2.75) is 91.4 Å². The zero-order valence-corrected chi connectivity index (χ0v) is 22.4. The van der Waals surface area contributed by atoms with Crippen molar-refractivity contribution in [2.75, 3.05) is 0 Å². The summed E-state index contributed by atoms with van der Waals surface area (Å²) in [6.07, 6.45) is 1.35. The van der Waals surface area contributed by atoms with E-state index in [2.05, 4.69) is 16.0 Å². The fourth-order valence-corrected chi connectivity index (χ4v) is 4.00. The summed E-state index contributed by atoms with van der Waals surface area (Å²) in [5.41, 5.74) is 6.40. The molecule has 1 aromatic carbocycles. The van der Waals surface area contributed by atoms with Crippen LogP contribution < -0.4 is 21.7 Å². The van der Waals surface area contributed by atoms with E-state index in [0.717, 1.165) is 5.56 Å². The SMILES string of the molecule is CC(C)CC(NC(CC(C)C)C(=O)NC(CC(C)C)C(=O)NC(Cc1ccccc1)C(N)=O)C(=O)O. The van der Waals surface area contributed by atoms with Gasteiger partial charge in [0.25, 0.3) is 0 Å². The lowest BCUT2D eigenvalue weighted by molar-refractivity contribution is -0.140. The van der Waals surface area contributed by atoms with Gasteiger partial charge in [-0.25, -0.2) is 0 Å². The van der Waals surface area contributed by atoms with Gasteiger partial charge < -0.3 is 21.5 Å². The van der Waals surface area contributed by atoms with Crippen molar-refractivity contribution in [3.63, 3.8) is 0 Å². The van der Waals surface area contributed by atoms with Gasteiger partial charge in [-0.05, 0) is 42.6 Å². The topological polar surface area (TPSA) is 151 Å². The van der Waals surface area contributed by atoms with Crippen molar-refractivity contribution in [1.29, 1.82) is 0 Å². The van der Waals surface area contributed by atoms with Gasteiger partial charge in [0.1, 0.15) is 18.1 Å². The Morgan fingerprint density at radius 3 is 1.64 bits per heavy atom. The summed E-state index contributed by atoms with van der Waals surface area (Å²) in [6.45, 7) is 11.6. The van der Waals surface area contributed by atoms with Gasteiger partial charge in [-0.15, -0.1) is 0 Å². The molecule has 1 rings (SSSR count). The molecule has 9 nitrogen and oxygen atoms in total. The van der Waals surface area contributed by atoms with Crippen molar-refractivity contribution < 1.29 is 24.3 Å². The molecular formula is C27H44N4O5. The van der Waals surface area contributed by atoms with Crippen molar-refractivity contribution in [2.24, 2.45) is 23.5 Å². The van der Waals surface area contributed by atoms with Gasteiger partial charge in [-0.1, -0.05) is 71.9 Å². The number of primary amides is 1. The molecule has 9 heteroatoms. The zero-order chi connectivity index (χ0) is 27.4. The predicted octanol–water partition coefficient (Wildman–Crippen LogP) is 2.23. The van der Waals surface area contributed by atoms with E-state index in [1.54, 1.807) is 0 Å². The summed E-state index contributed by atoms with van der Waals surface area (Å²) < 4.78 is 0. The average molecular weight is 505 g/mol. The minimum absolute atomic E-state index is 0.0754. The Labute approximate surface area is 215 Å². The Kier molecular flexibility index (Phi) is 13.2. The van der Waals surface area contributed by atoms with Crippen molar-refractivity contribution in [3.8, 4) is 0 Å². The molecule has 0 saturated carbocycles. The molecule has 0 aliphatic carbocycles. The Morgan fingerprint density at radius 1 is 0.722 bits per heavy atom. The van der Waals surface area contributed by atoms with Gasteiger partial charge in [0, 0.05) is 6.42 Å². The Bertz CT molecular complexity index is 857. The standard InChI is InChI=1S/C27H44N4O5/c1-16(2)12-21(29-23(27(35)36)14-18(5)6)25(33)31-22(13-17(3)4)26(34)30-20(24(28)32)15-19-10-8-7-9-11-19/h7-11,16-18,20-23,29H,12-15H2,1-6H3,(H2,28,32)(H,30,34)(H,31,33)(H,35,36). The number of nitrogens with one attached hydrogen (secondary N) is 3. The van der Waals surface area contributed by atoms with Gasteiger partial charge in [0.2, 0.25) is 17.7 Å². The maximum absolute atomic E-state index is 13.3. The highest BCUT2D eigenvalue weighted by molar-refractivity contribution is 5.93. The first-order valence-electron chi connectivity index (χ1n) is 12.7. The molecule has 0 aliphatic rings. The van der Waals surface area contributed by atoms with E-state index in [4.69, 9.17) is 5.73 Å². The smallest absolute Gasteiger partial charge is 0.320 e. The molecule has 0 spiro atoms. The highest BCUT2D eigenvalue weighted by Crippen LogP contribution is 2.13. The molecule has 4 atom stereocenters. The molecule has 6 N–H and O–H groups in total. The molecule has 36 heavy (non-hydrogen) atoms. The van der Waals surface area contributed by atoms with Gasteiger partial charge in [0.05, 0.1) is 6.04 Å². The number of aliphatic carboxylic acids is 1. The number of nitrogens with two attached hydrogens (primary N) is 1. The second-order valence-corrected chi connectivity index (χ2v) is 10.7. The fourth-order valence-electron chi connectivity index (χ4n) is 4.00. The van der Waals surface area contributed by atoms with Gasteiger partial charge in [-0.3, -0.25) is 24.5 Å². The number of hydrogen-bond acceptors (Lipinski definition) is 5. The Hall–Kier alpha value is -2.94. The first-order valence-corrected chi connectivity index (χ1v) is 12.7. The Morgan fingerprint density at radius 2 is 1.17 bits per heavy atom. The fraction of sp³-hybridized carbons (Fsp3) is 0.630. The monoisotopic (exact) mass is 504 g/mol. The number of carbonyl (C=O) groups excluding carboxylic acids is 3. The van der Waals surface area contributed by atoms with Crippen LogP contribution in [0.2, 0.25) is 0 Å². The van der Waals surface area contributed by atoms with E-state index >= 15 is 0 Å². The van der Waals surface area contributed by atoms with Crippen LogP contribution in [0, 0.1) is 17.8 Å². The molecule has 0 aliphatic heterocycles. The van der Waals surface area contributed by atoms with Crippen LogP contribution in [-0.4, -0.2) is 53.0 Å². The molecule has 3 amide bonds. The number of hydrogen-bond donors (Lipinski definition) is 5. The average Bonchev–Trinajstić information content (AvgIpc) is 2.76. The predicted molar refractivity (Wildman–Crippen MR) is 140 cm³/mol. The third-order valence-electron chi connectivity index (χ3n) is 5.71. The summed E-state index contributed by atoms with van der Waals surface area (Å²) in [7, 11) is 0. The van der Waals surface area contributed by atoms with Crippen molar-refractivity contribution >= 4 is 23.7 Å². The van der Waals surface area contributed by atoms with Crippen molar-refractivity contribution in [1.82, 2.24) is 16.0 Å². The largest absolute Gasteiger partial charge is 0.480 e. The molecule has 1 aromatic rings. The van der Waals surface area contributed by atoms with Crippen LogP contribution in [0.5, 0.6) is 0 Å². The molecular weight excluding hydrogens is 460 g/mol. The number of carbonyl (C=O) groups is 4. The maximum Gasteiger partial charge on any atom is 0.320 e. The quantitative estimate of drug-likeness (QED) is 0.233. The summed E-state index contributed by atoms with van der Waals surface area (Å²) >= 11 is 0. The molecule has 0 radical (unpaired) electrons. The summed E-state index contributed by atoms with van der Waals surface area (Å²) in [4.78, 5) is 50.3. The summed E-state index contributed by atoms with van der Waals surface area (Å²) in [5.74, 6) is -2.33. The minimum Gasteiger partial charge on any atom is -0.480 e. The molecule has 4 unspecified atom stereocenters. The molecule has 0 aromatic heterocycles. The van der Waals surface area contributed by atoms with E-state index < -0.39 is 47.9 Å². The van der Waals surface area contributed by atoms with Gasteiger partial charge in [-0.2, -0.15) is 0 Å². The van der Waals surface area contributed by atoms with Crippen LogP contribution in [-0.2, 0) is 25.6 Å². The molecule has 0 heterocycles. The van der Waals surface area contributed by atoms with Crippen LogP contribution in [0.4, 0.5) is 0 Å². The number of carboxylic acids is 1. The lowest BCUT2D eigenvalue weighted by atomic mass is 9.97. The first-order chi connectivity index (χ1) is 16.8. The molecule has 0 fully saturated rings. The highest BCUT2D eigenvalue weighted by Gasteiger charge is 2.31. The van der Waals surface area contributed by atoms with Crippen LogP contribution in [0.1, 0.15) is 66.4 Å². The van der Waals surface area contributed by atoms with E-state index in [9.17, 15) is 24.3 Å². The van der Waals surface area contributed by atoms with Gasteiger partial charge >= 0.3 is 5.97 Å². The lowest BCUT2D eigenvalue weighted by Gasteiger charge is -2.28. The van der Waals surface area contributed by atoms with E-state index in [1.165, 1.54) is 0 Å². The van der Waals surface area contributed by atoms with Crippen LogP contribution in [0.15, 0.2) is 30.3 Å². The van der Waals surface area contributed by atoms with E-state index in [1.807, 2.05) is 71.9 Å². The third-order valence-corrected chi connectivity index (χ3v) is 5.71. The number of rotatable bonds is 16.